The number of benzene rings is 1. The first kappa shape index (κ1) is 24.1. The second kappa shape index (κ2) is 11.2. The van der Waals surface area contributed by atoms with Gasteiger partial charge in [-0.25, -0.2) is 9.37 Å². The molecule has 28 heavy (non-hydrogen) atoms. The Morgan fingerprint density at radius 3 is 2.43 bits per heavy atom. The van der Waals surface area contributed by atoms with Crippen LogP contribution in [0.1, 0.15) is 18.4 Å². The summed E-state index contributed by atoms with van der Waals surface area (Å²) >= 11 is 0. The Labute approximate surface area is 175 Å². The van der Waals surface area contributed by atoms with Crippen LogP contribution in [-0.2, 0) is 16.1 Å². The number of aromatic nitrogens is 1. The monoisotopic (exact) mass is 431 g/mol. The molecule has 0 spiro atoms. The maximum atomic E-state index is 12.9. The Morgan fingerprint density at radius 1 is 1.18 bits per heavy atom. The normalized spacial score (nSPS) is 14.9. The quantitative estimate of drug-likeness (QED) is 0.732. The van der Waals surface area contributed by atoms with Gasteiger partial charge in [0.1, 0.15) is 11.6 Å². The lowest BCUT2D eigenvalue weighted by Crippen LogP contribution is -2.48. The molecule has 2 aromatic rings. The summed E-state index contributed by atoms with van der Waals surface area (Å²) in [5, 5.41) is 2.94. The Kier molecular flexibility index (Phi) is 9.61. The van der Waals surface area contributed by atoms with Crippen molar-refractivity contribution in [3.8, 4) is 11.6 Å². The maximum Gasteiger partial charge on any atom is 0.227 e. The van der Waals surface area contributed by atoms with E-state index in [9.17, 15) is 9.18 Å². The number of nitrogens with one attached hydrogen (secondary N) is 1. The van der Waals surface area contributed by atoms with Crippen molar-refractivity contribution in [3.63, 3.8) is 0 Å². The van der Waals surface area contributed by atoms with E-state index in [1.54, 1.807) is 12.3 Å². The molecule has 1 aromatic carbocycles. The Bertz CT molecular complexity index is 739. The predicted octanol–water partition coefficient (Wildman–Crippen LogP) is 3.23. The van der Waals surface area contributed by atoms with E-state index >= 15 is 0 Å². The zero-order chi connectivity index (χ0) is 18.4. The molecule has 3 N–H and O–H groups in total. The van der Waals surface area contributed by atoms with Gasteiger partial charge < -0.3 is 20.5 Å². The lowest BCUT2D eigenvalue weighted by atomic mass is 9.79. The van der Waals surface area contributed by atoms with Crippen LogP contribution in [0.4, 0.5) is 4.39 Å². The van der Waals surface area contributed by atoms with E-state index in [0.717, 1.165) is 5.56 Å². The van der Waals surface area contributed by atoms with Crippen LogP contribution in [0.3, 0.4) is 0 Å². The molecular weight excluding hydrogens is 408 g/mol. The molecule has 0 atom stereocenters. The van der Waals surface area contributed by atoms with Gasteiger partial charge in [-0.15, -0.1) is 24.8 Å². The molecule has 0 saturated carbocycles. The highest BCUT2D eigenvalue weighted by Gasteiger charge is 2.38. The minimum atomic E-state index is -0.544. The third-order valence-electron chi connectivity index (χ3n) is 4.61. The minimum absolute atomic E-state index is 0. The molecule has 0 aliphatic carbocycles. The summed E-state index contributed by atoms with van der Waals surface area (Å²) in [5.41, 5.74) is 6.15. The topological polar surface area (TPSA) is 86.5 Å². The zero-order valence-electron chi connectivity index (χ0n) is 15.2. The predicted molar refractivity (Wildman–Crippen MR) is 109 cm³/mol. The van der Waals surface area contributed by atoms with E-state index in [0.29, 0.717) is 50.8 Å². The number of pyridine rings is 1. The van der Waals surface area contributed by atoms with Crippen molar-refractivity contribution < 1.29 is 18.7 Å². The van der Waals surface area contributed by atoms with Gasteiger partial charge >= 0.3 is 0 Å². The van der Waals surface area contributed by atoms with Crippen LogP contribution in [0, 0.1) is 11.2 Å². The van der Waals surface area contributed by atoms with Gasteiger partial charge in [-0.2, -0.15) is 0 Å². The maximum absolute atomic E-state index is 12.9. The highest BCUT2D eigenvalue weighted by molar-refractivity contribution is 5.85. The van der Waals surface area contributed by atoms with Gasteiger partial charge in [0.25, 0.3) is 0 Å². The molecule has 1 fully saturated rings. The van der Waals surface area contributed by atoms with E-state index < -0.39 is 5.41 Å². The summed E-state index contributed by atoms with van der Waals surface area (Å²) in [6.07, 6.45) is 2.91. The number of hydrogen-bond donors (Lipinski definition) is 2. The van der Waals surface area contributed by atoms with Gasteiger partial charge in [-0.1, -0.05) is 6.07 Å². The first-order chi connectivity index (χ1) is 12.6. The smallest absolute Gasteiger partial charge is 0.227 e. The summed E-state index contributed by atoms with van der Waals surface area (Å²) < 4.78 is 23.8. The molecule has 9 heteroatoms. The summed E-state index contributed by atoms with van der Waals surface area (Å²) in [6, 6.07) is 9.24. The molecule has 1 saturated heterocycles. The first-order valence-electron chi connectivity index (χ1n) is 8.56. The molecule has 154 valence electrons. The van der Waals surface area contributed by atoms with E-state index in [2.05, 4.69) is 10.3 Å². The van der Waals surface area contributed by atoms with Gasteiger partial charge in [-0.05, 0) is 42.7 Å². The number of amides is 1. The fourth-order valence-corrected chi connectivity index (χ4v) is 2.86. The minimum Gasteiger partial charge on any atom is -0.439 e. The lowest BCUT2D eigenvalue weighted by molar-refractivity contribution is -0.136. The van der Waals surface area contributed by atoms with Gasteiger partial charge in [0.05, 0.1) is 5.41 Å². The van der Waals surface area contributed by atoms with Crippen molar-refractivity contribution in [1.29, 1.82) is 0 Å². The molecule has 3 rings (SSSR count). The third-order valence-corrected chi connectivity index (χ3v) is 4.61. The number of carbonyl (C=O) groups excluding carboxylic acids is 1. The van der Waals surface area contributed by atoms with E-state index in [4.69, 9.17) is 15.2 Å². The van der Waals surface area contributed by atoms with E-state index in [1.807, 2.05) is 6.07 Å². The number of carbonyl (C=O) groups is 1. The van der Waals surface area contributed by atoms with Crippen LogP contribution in [-0.4, -0.2) is 30.6 Å². The van der Waals surface area contributed by atoms with Crippen molar-refractivity contribution in [1.82, 2.24) is 10.3 Å². The summed E-state index contributed by atoms with van der Waals surface area (Å²) in [6.45, 7) is 1.79. The molecule has 0 bridgehead atoms. The zero-order valence-corrected chi connectivity index (χ0v) is 16.9. The number of nitrogens with zero attached hydrogens (tertiary/aromatic N) is 1. The number of ether oxygens (including phenoxy) is 2. The van der Waals surface area contributed by atoms with Gasteiger partial charge in [0.15, 0.2) is 0 Å². The van der Waals surface area contributed by atoms with Gasteiger partial charge in [0.2, 0.25) is 11.8 Å². The van der Waals surface area contributed by atoms with Gasteiger partial charge in [-0.3, -0.25) is 4.79 Å². The van der Waals surface area contributed by atoms with Crippen molar-refractivity contribution in [2.24, 2.45) is 11.1 Å². The van der Waals surface area contributed by atoms with Crippen LogP contribution in [0.5, 0.6) is 11.6 Å². The molecule has 1 aliphatic heterocycles. The van der Waals surface area contributed by atoms with Gasteiger partial charge in [0, 0.05) is 38.6 Å². The highest BCUT2D eigenvalue weighted by atomic mass is 35.5. The molecule has 1 aliphatic rings. The Morgan fingerprint density at radius 2 is 1.86 bits per heavy atom. The van der Waals surface area contributed by atoms with Crippen LogP contribution >= 0.6 is 24.8 Å². The lowest BCUT2D eigenvalue weighted by Gasteiger charge is -2.34. The standard InChI is InChI=1S/C19H22FN3O3.2ClH/c20-15-2-4-16(5-3-15)26-17-6-1-14(11-22-17)12-23-18(24)19(13-21)7-9-25-10-8-19;;/h1-6,11H,7-10,12-13,21H2,(H,23,24);2*1H. The van der Waals surface area contributed by atoms with Crippen LogP contribution in [0.2, 0.25) is 0 Å². The van der Waals surface area contributed by atoms with Crippen molar-refractivity contribution in [2.75, 3.05) is 19.8 Å². The highest BCUT2D eigenvalue weighted by Crippen LogP contribution is 2.29. The van der Waals surface area contributed by atoms with Crippen LogP contribution in [0.25, 0.3) is 0 Å². The van der Waals surface area contributed by atoms with Crippen molar-refractivity contribution in [3.05, 3.63) is 54.0 Å². The summed E-state index contributed by atoms with van der Waals surface area (Å²) in [7, 11) is 0. The largest absolute Gasteiger partial charge is 0.439 e. The van der Waals surface area contributed by atoms with E-state index in [-0.39, 0.29) is 36.5 Å². The second-order valence-corrected chi connectivity index (χ2v) is 6.34. The first-order valence-corrected chi connectivity index (χ1v) is 8.56. The molecule has 1 amide bonds. The second-order valence-electron chi connectivity index (χ2n) is 6.34. The fraction of sp³-hybridized carbons (Fsp3) is 0.368. The molecule has 6 nitrogen and oxygen atoms in total. The summed E-state index contributed by atoms with van der Waals surface area (Å²) in [5.74, 6) is 0.532. The summed E-state index contributed by atoms with van der Waals surface area (Å²) in [4.78, 5) is 16.8. The average molecular weight is 432 g/mol. The Balaban J connectivity index is 0.00000196. The molecule has 2 heterocycles. The number of halogens is 3. The average Bonchev–Trinajstić information content (AvgIpc) is 2.69. The van der Waals surface area contributed by atoms with E-state index in [1.165, 1.54) is 24.3 Å². The molecule has 0 unspecified atom stereocenters. The van der Waals surface area contributed by atoms with Crippen LogP contribution < -0.4 is 15.8 Å². The molecule has 0 radical (unpaired) electrons. The molecule has 1 aromatic heterocycles. The van der Waals surface area contributed by atoms with Crippen LogP contribution in [0.15, 0.2) is 42.6 Å². The Hall–Kier alpha value is -1.93. The number of rotatable bonds is 6. The van der Waals surface area contributed by atoms with Crippen molar-refractivity contribution in [2.45, 2.75) is 19.4 Å². The number of nitrogens with two attached hydrogens (primary N) is 1. The SMILES string of the molecule is Cl.Cl.NCC1(C(=O)NCc2ccc(Oc3ccc(F)cc3)nc2)CCOCC1. The van der Waals surface area contributed by atoms with Crippen molar-refractivity contribution >= 4 is 30.7 Å². The third kappa shape index (κ3) is 6.04. The fourth-order valence-electron chi connectivity index (χ4n) is 2.86. The number of hydrogen-bond acceptors (Lipinski definition) is 5. The molecular formula is C19H24Cl2FN3O3.